The van der Waals surface area contributed by atoms with Crippen LogP contribution < -0.4 is 5.73 Å². The van der Waals surface area contributed by atoms with Crippen LogP contribution in [0.4, 0.5) is 0 Å². The smallest absolute Gasteiger partial charge is 0.372 e. The van der Waals surface area contributed by atoms with Crippen LogP contribution in [0, 0.1) is 20.8 Å². The summed E-state index contributed by atoms with van der Waals surface area (Å²) in [5.74, 6) is -0.356. The third-order valence-corrected chi connectivity index (χ3v) is 0.246. The third kappa shape index (κ3) is 110. The molecular weight excluding hydrogens is 245 g/mol. The first kappa shape index (κ1) is 29.8. The van der Waals surface area contributed by atoms with Gasteiger partial charge in [0.05, 0.1) is 0 Å². The van der Waals surface area contributed by atoms with E-state index >= 15 is 0 Å². The van der Waals surface area contributed by atoms with Crippen molar-refractivity contribution in [2.24, 2.45) is 5.73 Å². The van der Waals surface area contributed by atoms with Crippen LogP contribution in [0.2, 0.25) is 0 Å². The van der Waals surface area contributed by atoms with E-state index in [9.17, 15) is 4.79 Å². The predicted octanol–water partition coefficient (Wildman–Crippen LogP) is 1.37. The number of carbonyl (C=O) groups excluding carboxylic acids is 1. The first-order valence-corrected chi connectivity index (χ1v) is 2.76. The Morgan fingerprint density at radius 2 is 1.36 bits per heavy atom. The minimum atomic E-state index is -0.356. The Morgan fingerprint density at radius 3 is 1.36 bits per heavy atom. The van der Waals surface area contributed by atoms with Crippen molar-refractivity contribution in [2.45, 2.75) is 20.3 Å². The van der Waals surface area contributed by atoms with E-state index in [1.165, 1.54) is 0 Å². The van der Waals surface area contributed by atoms with E-state index in [-0.39, 0.29) is 51.3 Å². The summed E-state index contributed by atoms with van der Waals surface area (Å²) in [6.45, 7) is 13.2. The van der Waals surface area contributed by atoms with Crippen LogP contribution >= 0.6 is 0 Å². The van der Waals surface area contributed by atoms with Crippen LogP contribution in [-0.4, -0.2) is 5.91 Å². The topological polar surface area (TPSA) is 43.1 Å². The Bertz CT molecular complexity index is 51.7. The molecule has 0 saturated heterocycles. The van der Waals surface area contributed by atoms with Gasteiger partial charge in [-0.05, 0) is 0 Å². The molecule has 0 aliphatic carbocycles. The summed E-state index contributed by atoms with van der Waals surface area (Å²) in [4.78, 5) is 9.53. The molecule has 2 nitrogen and oxygen atoms in total. The van der Waals surface area contributed by atoms with Crippen molar-refractivity contribution in [2.75, 3.05) is 0 Å². The SMILES string of the molecule is [CH2-]C.[CH2-]C.[CH2-]CC(N)=O.[Zn+2].[Zn]. The summed E-state index contributed by atoms with van der Waals surface area (Å²) in [7, 11) is 0. The average molecular weight is 261 g/mol. The number of nitrogens with two attached hydrogens (primary N) is 1. The molecule has 0 aliphatic heterocycles. The molecule has 0 unspecified atom stereocenters. The van der Waals surface area contributed by atoms with E-state index < -0.39 is 0 Å². The third-order valence-electron chi connectivity index (χ3n) is 0.246. The predicted molar refractivity (Wildman–Crippen MR) is 41.2 cm³/mol. The second kappa shape index (κ2) is 45.5. The van der Waals surface area contributed by atoms with Gasteiger partial charge in [-0.15, -0.1) is 6.42 Å². The first-order valence-electron chi connectivity index (χ1n) is 2.76. The minimum absolute atomic E-state index is 0. The molecule has 0 bridgehead atoms. The van der Waals surface area contributed by atoms with Crippen molar-refractivity contribution >= 4 is 5.91 Å². The monoisotopic (exact) mass is 258 g/mol. The summed E-state index contributed by atoms with van der Waals surface area (Å²) in [5.41, 5.74) is 4.59. The summed E-state index contributed by atoms with van der Waals surface area (Å²) >= 11 is 0. The molecule has 2 N–H and O–H groups in total. The fourth-order valence-corrected chi connectivity index (χ4v) is 0. The molecule has 0 aromatic carbocycles. The van der Waals surface area contributed by atoms with Crippen LogP contribution in [0.15, 0.2) is 0 Å². The molecular formula is C7H16NOZn2-. The van der Waals surface area contributed by atoms with Crippen LogP contribution in [0.3, 0.4) is 0 Å². The summed E-state index contributed by atoms with van der Waals surface area (Å²) in [5, 5.41) is 0. The van der Waals surface area contributed by atoms with Gasteiger partial charge in [0.25, 0.3) is 0 Å². The van der Waals surface area contributed by atoms with Gasteiger partial charge in [-0.2, -0.15) is 13.8 Å². The fourth-order valence-electron chi connectivity index (χ4n) is 0. The van der Waals surface area contributed by atoms with Crippen LogP contribution in [0.1, 0.15) is 20.3 Å². The Morgan fingerprint density at radius 1 is 1.27 bits per heavy atom. The van der Waals surface area contributed by atoms with Crippen molar-refractivity contribution in [3.05, 3.63) is 20.8 Å². The van der Waals surface area contributed by atoms with E-state index in [0.717, 1.165) is 0 Å². The Balaban J connectivity index is -0.0000000178. The molecule has 0 aromatic heterocycles. The molecule has 0 heterocycles. The molecule has 0 rings (SSSR count). The summed E-state index contributed by atoms with van der Waals surface area (Å²) in [6, 6.07) is 0. The number of primary amides is 1. The Labute approximate surface area is 96.2 Å². The normalized spacial score (nSPS) is 4.45. The maximum absolute atomic E-state index is 9.53. The van der Waals surface area contributed by atoms with Crippen molar-refractivity contribution < 1.29 is 43.8 Å². The number of hydrogen-bond donors (Lipinski definition) is 1. The molecule has 11 heavy (non-hydrogen) atoms. The fraction of sp³-hybridized carbons (Fsp3) is 0.429. The molecule has 4 heteroatoms. The van der Waals surface area contributed by atoms with E-state index in [2.05, 4.69) is 26.5 Å². The second-order valence-corrected chi connectivity index (χ2v) is 0.716. The van der Waals surface area contributed by atoms with Crippen LogP contribution in [0.5, 0.6) is 0 Å². The maximum atomic E-state index is 9.53. The van der Waals surface area contributed by atoms with Crippen LogP contribution in [0.25, 0.3) is 0 Å². The van der Waals surface area contributed by atoms with Gasteiger partial charge in [-0.3, -0.25) is 4.79 Å². The van der Waals surface area contributed by atoms with Gasteiger partial charge >= 0.3 is 19.5 Å². The van der Waals surface area contributed by atoms with Gasteiger partial charge in [-0.25, -0.2) is 0 Å². The zero-order valence-electron chi connectivity index (χ0n) is 7.73. The van der Waals surface area contributed by atoms with Crippen molar-refractivity contribution in [3.63, 3.8) is 0 Å². The summed E-state index contributed by atoms with van der Waals surface area (Å²) in [6.07, 6.45) is 0.194. The molecule has 0 fully saturated rings. The molecule has 0 aliphatic rings. The van der Waals surface area contributed by atoms with Crippen molar-refractivity contribution in [1.29, 1.82) is 0 Å². The van der Waals surface area contributed by atoms with Gasteiger partial charge in [-0.1, -0.05) is 0 Å². The van der Waals surface area contributed by atoms with Gasteiger partial charge in [0.2, 0.25) is 0 Å². The van der Waals surface area contributed by atoms with Crippen LogP contribution in [-0.2, 0) is 43.8 Å². The molecule has 60 valence electrons. The number of rotatable bonds is 1. The Hall–Kier alpha value is 0.717. The molecule has 0 aromatic rings. The largest absolute Gasteiger partial charge is 2.00 e. The second-order valence-electron chi connectivity index (χ2n) is 0.716. The Kier molecular flexibility index (Phi) is 123. The van der Waals surface area contributed by atoms with E-state index in [4.69, 9.17) is 0 Å². The quantitative estimate of drug-likeness (QED) is 0.562. The molecule has 0 saturated carbocycles. The van der Waals surface area contributed by atoms with Crippen molar-refractivity contribution in [3.8, 4) is 0 Å². The van der Waals surface area contributed by atoms with E-state index in [0.29, 0.717) is 0 Å². The van der Waals surface area contributed by atoms with E-state index in [1.54, 1.807) is 13.8 Å². The zero-order chi connectivity index (χ0) is 8.28. The number of hydrogen-bond acceptors (Lipinski definition) is 1. The zero-order valence-corrected chi connectivity index (χ0v) is 13.7. The molecule has 0 radical (unpaired) electrons. The molecule has 0 atom stereocenters. The minimum Gasteiger partial charge on any atom is -0.372 e. The van der Waals surface area contributed by atoms with E-state index in [1.807, 2.05) is 0 Å². The first-order chi connectivity index (χ1) is 4.27. The standard InChI is InChI=1S/C3H6NO.2C2H5.2Zn/c1-2-3(4)5;2*1-2;;/h1-2H2,(H2,4,5);2*1H2,2H3;;/q3*-1;;+2. The number of amides is 1. The van der Waals surface area contributed by atoms with Gasteiger partial charge in [0.1, 0.15) is 0 Å². The van der Waals surface area contributed by atoms with Gasteiger partial charge in [0.15, 0.2) is 5.91 Å². The van der Waals surface area contributed by atoms with Gasteiger partial charge < -0.3 is 26.5 Å². The van der Waals surface area contributed by atoms with Gasteiger partial charge in [0, 0.05) is 19.5 Å². The summed E-state index contributed by atoms with van der Waals surface area (Å²) < 4.78 is 0. The molecule has 1 amide bonds. The van der Waals surface area contributed by atoms with Crippen molar-refractivity contribution in [1.82, 2.24) is 0 Å². The maximum Gasteiger partial charge on any atom is 2.00 e. The molecule has 0 spiro atoms. The number of carbonyl (C=O) groups is 1. The average Bonchev–Trinajstić information content (AvgIpc) is 1.97.